The molecule has 0 N–H and O–H groups in total. The molecule has 0 fully saturated rings. The molecule has 4 rings (SSSR count). The number of hydrogen-bond donors (Lipinski definition) is 0. The first-order valence-corrected chi connectivity index (χ1v) is 9.35. The molecule has 2 heterocycles. The lowest BCUT2D eigenvalue weighted by Crippen LogP contribution is -2.31. The van der Waals surface area contributed by atoms with Crippen molar-refractivity contribution in [2.75, 3.05) is 13.1 Å². The van der Waals surface area contributed by atoms with Crippen LogP contribution in [0.25, 0.3) is 17.5 Å². The van der Waals surface area contributed by atoms with Gasteiger partial charge in [0.15, 0.2) is 0 Å². The second-order valence-corrected chi connectivity index (χ2v) is 6.99. The molecule has 1 aromatic heterocycles. The zero-order chi connectivity index (χ0) is 19.5. The number of rotatable bonds is 5. The molecular weight excluding hydrogens is 352 g/mol. The summed E-state index contributed by atoms with van der Waals surface area (Å²) >= 11 is 0. The van der Waals surface area contributed by atoms with Crippen LogP contribution in [0.1, 0.15) is 17.0 Å². The van der Waals surface area contributed by atoms with Crippen molar-refractivity contribution in [3.8, 4) is 11.4 Å². The molecule has 3 aromatic rings. The fraction of sp³-hybridized carbons (Fsp3) is 0.227. The van der Waals surface area contributed by atoms with Crippen LogP contribution >= 0.6 is 0 Å². The highest BCUT2D eigenvalue weighted by molar-refractivity contribution is 5.57. The van der Waals surface area contributed by atoms with Gasteiger partial charge in [-0.25, -0.2) is 4.98 Å². The number of hydrogen-bond acceptors (Lipinski definition) is 4. The van der Waals surface area contributed by atoms with Crippen molar-refractivity contribution in [3.05, 3.63) is 87.7 Å². The molecule has 0 atom stereocenters. The Balaban J connectivity index is 1.43. The molecular formula is C22H22N4O2. The molecule has 1 aliphatic rings. The van der Waals surface area contributed by atoms with Crippen LogP contribution in [-0.4, -0.2) is 32.5 Å². The quantitative estimate of drug-likeness (QED) is 0.499. The number of imidazole rings is 1. The lowest BCUT2D eigenvalue weighted by atomic mass is 10.1. The number of non-ortho nitro benzene ring substituents is 1. The van der Waals surface area contributed by atoms with E-state index in [-0.39, 0.29) is 10.6 Å². The molecule has 0 aliphatic carbocycles. The number of nitrogens with zero attached hydrogens (tertiary/aromatic N) is 4. The molecule has 1 aliphatic heterocycles. The third kappa shape index (κ3) is 3.73. The van der Waals surface area contributed by atoms with E-state index in [2.05, 4.69) is 34.7 Å². The van der Waals surface area contributed by atoms with E-state index < -0.39 is 0 Å². The van der Waals surface area contributed by atoms with Crippen LogP contribution in [0, 0.1) is 10.1 Å². The minimum atomic E-state index is -0.379. The lowest BCUT2D eigenvalue weighted by molar-refractivity contribution is -0.384. The Morgan fingerprint density at radius 2 is 1.89 bits per heavy atom. The van der Waals surface area contributed by atoms with Gasteiger partial charge in [0.25, 0.3) is 5.69 Å². The van der Waals surface area contributed by atoms with Crippen LogP contribution in [-0.2, 0) is 20.0 Å². The van der Waals surface area contributed by atoms with E-state index in [0.29, 0.717) is 0 Å². The smallest absolute Gasteiger partial charge is 0.269 e. The summed E-state index contributed by atoms with van der Waals surface area (Å²) in [6, 6.07) is 16.9. The van der Waals surface area contributed by atoms with Gasteiger partial charge in [0.05, 0.1) is 16.3 Å². The monoisotopic (exact) mass is 374 g/mol. The van der Waals surface area contributed by atoms with Gasteiger partial charge in [-0.2, -0.15) is 0 Å². The molecule has 0 saturated carbocycles. The normalized spacial score (nSPS) is 14.3. The van der Waals surface area contributed by atoms with Gasteiger partial charge in [-0.15, -0.1) is 0 Å². The molecule has 142 valence electrons. The highest BCUT2D eigenvalue weighted by atomic mass is 16.6. The maximum Gasteiger partial charge on any atom is 0.269 e. The molecule has 6 nitrogen and oxygen atoms in total. The lowest BCUT2D eigenvalue weighted by Gasteiger charge is -2.25. The van der Waals surface area contributed by atoms with E-state index in [1.54, 1.807) is 12.1 Å². The van der Waals surface area contributed by atoms with E-state index in [1.165, 1.54) is 23.5 Å². The van der Waals surface area contributed by atoms with Crippen LogP contribution in [0.2, 0.25) is 0 Å². The summed E-state index contributed by atoms with van der Waals surface area (Å²) in [7, 11) is 2.09. The van der Waals surface area contributed by atoms with Crippen molar-refractivity contribution < 1.29 is 4.92 Å². The Labute approximate surface area is 163 Å². The van der Waals surface area contributed by atoms with Gasteiger partial charge in [0.2, 0.25) is 0 Å². The molecule has 0 radical (unpaired) electrons. The third-order valence-corrected chi connectivity index (χ3v) is 5.14. The molecule has 0 spiro atoms. The highest BCUT2D eigenvalue weighted by Crippen LogP contribution is 2.25. The molecule has 0 saturated heterocycles. The van der Waals surface area contributed by atoms with E-state index in [1.807, 2.05) is 24.3 Å². The molecule has 0 amide bonds. The second-order valence-electron chi connectivity index (χ2n) is 6.99. The number of fused-ring (bicyclic) bond motifs is 1. The maximum atomic E-state index is 10.7. The summed E-state index contributed by atoms with van der Waals surface area (Å²) < 4.78 is 2.21. The maximum absolute atomic E-state index is 10.7. The highest BCUT2D eigenvalue weighted by Gasteiger charge is 2.22. The SMILES string of the molecule is Cn1c(-c2ccccc2)nc2c1CN(C/C=C/c1ccc([N+](=O)[O-])cc1)CC2. The number of nitro benzene ring substituents is 1. The van der Waals surface area contributed by atoms with Crippen LogP contribution in [0.15, 0.2) is 60.7 Å². The van der Waals surface area contributed by atoms with Gasteiger partial charge in [-0.1, -0.05) is 42.5 Å². The summed E-state index contributed by atoms with van der Waals surface area (Å²) in [6.45, 7) is 2.68. The second kappa shape index (κ2) is 7.78. The van der Waals surface area contributed by atoms with Crippen LogP contribution < -0.4 is 0 Å². The van der Waals surface area contributed by atoms with Gasteiger partial charge in [-0.3, -0.25) is 15.0 Å². The number of benzene rings is 2. The Morgan fingerprint density at radius 1 is 1.14 bits per heavy atom. The summed E-state index contributed by atoms with van der Waals surface area (Å²) in [4.78, 5) is 17.6. The standard InChI is InChI=1S/C22H22N4O2/c1-24-21-16-25(14-5-6-17-9-11-19(12-10-17)26(27)28)15-13-20(21)23-22(24)18-7-3-2-4-8-18/h2-12H,13-16H2,1H3/b6-5+. The van der Waals surface area contributed by atoms with Crippen molar-refractivity contribution in [1.82, 2.24) is 14.5 Å². The fourth-order valence-corrected chi connectivity index (χ4v) is 3.59. The predicted molar refractivity (Wildman–Crippen MR) is 110 cm³/mol. The van der Waals surface area contributed by atoms with Gasteiger partial charge >= 0.3 is 0 Å². The van der Waals surface area contributed by atoms with E-state index in [0.717, 1.165) is 43.0 Å². The summed E-state index contributed by atoms with van der Waals surface area (Å²) in [6.07, 6.45) is 5.07. The molecule has 28 heavy (non-hydrogen) atoms. The summed E-state index contributed by atoms with van der Waals surface area (Å²) in [5.41, 5.74) is 4.69. The van der Waals surface area contributed by atoms with Crippen molar-refractivity contribution in [1.29, 1.82) is 0 Å². The zero-order valence-electron chi connectivity index (χ0n) is 15.8. The summed E-state index contributed by atoms with van der Waals surface area (Å²) in [5, 5.41) is 10.7. The first-order valence-electron chi connectivity index (χ1n) is 9.35. The Hall–Kier alpha value is -3.25. The molecule has 0 unspecified atom stereocenters. The van der Waals surface area contributed by atoms with Crippen LogP contribution in [0.3, 0.4) is 0 Å². The van der Waals surface area contributed by atoms with Gasteiger partial charge in [0.1, 0.15) is 5.82 Å². The molecule has 6 heteroatoms. The van der Waals surface area contributed by atoms with E-state index >= 15 is 0 Å². The first-order chi connectivity index (χ1) is 13.6. The largest absolute Gasteiger partial charge is 0.330 e. The van der Waals surface area contributed by atoms with E-state index in [9.17, 15) is 10.1 Å². The average molecular weight is 374 g/mol. The van der Waals surface area contributed by atoms with Crippen molar-refractivity contribution >= 4 is 11.8 Å². The van der Waals surface area contributed by atoms with Gasteiger partial charge in [-0.05, 0) is 17.7 Å². The topological polar surface area (TPSA) is 64.2 Å². The minimum absolute atomic E-state index is 0.117. The van der Waals surface area contributed by atoms with E-state index in [4.69, 9.17) is 4.98 Å². The number of nitro groups is 1. The van der Waals surface area contributed by atoms with Gasteiger partial charge in [0, 0.05) is 50.8 Å². The predicted octanol–water partition coefficient (Wildman–Crippen LogP) is 4.07. The minimum Gasteiger partial charge on any atom is -0.330 e. The van der Waals surface area contributed by atoms with Crippen molar-refractivity contribution in [2.24, 2.45) is 7.05 Å². The summed E-state index contributed by atoms with van der Waals surface area (Å²) in [5.74, 6) is 1.02. The Bertz CT molecular complexity index is 1010. The molecule has 0 bridgehead atoms. The van der Waals surface area contributed by atoms with Gasteiger partial charge < -0.3 is 4.57 Å². The average Bonchev–Trinajstić information content (AvgIpc) is 3.05. The third-order valence-electron chi connectivity index (χ3n) is 5.14. The first kappa shape index (κ1) is 18.1. The van der Waals surface area contributed by atoms with Crippen molar-refractivity contribution in [3.63, 3.8) is 0 Å². The molecule has 2 aromatic carbocycles. The zero-order valence-corrected chi connectivity index (χ0v) is 15.8. The Morgan fingerprint density at radius 3 is 2.61 bits per heavy atom. The fourth-order valence-electron chi connectivity index (χ4n) is 3.59. The van der Waals surface area contributed by atoms with Crippen LogP contribution in [0.5, 0.6) is 0 Å². The van der Waals surface area contributed by atoms with Crippen LogP contribution in [0.4, 0.5) is 5.69 Å². The van der Waals surface area contributed by atoms with Crippen molar-refractivity contribution in [2.45, 2.75) is 13.0 Å². The Kier molecular flexibility index (Phi) is 5.04. The number of aromatic nitrogens is 2.